The van der Waals surface area contributed by atoms with Crippen molar-refractivity contribution in [1.29, 1.82) is 0 Å². The summed E-state index contributed by atoms with van der Waals surface area (Å²) >= 11 is 5.97. The molecule has 168 valence electrons. The van der Waals surface area contributed by atoms with Gasteiger partial charge in [-0.2, -0.15) is 9.36 Å². The fraction of sp³-hybridized carbons (Fsp3) is 0.217. The molecule has 0 amide bonds. The molecule has 0 N–H and O–H groups in total. The molecule has 0 bridgehead atoms. The maximum absolute atomic E-state index is 12.5. The van der Waals surface area contributed by atoms with E-state index < -0.39 is 8.07 Å². The van der Waals surface area contributed by atoms with E-state index in [1.807, 2.05) is 30.5 Å². The highest BCUT2D eigenvalue weighted by Crippen LogP contribution is 2.21. The average molecular weight is 479 g/mol. The topological polar surface area (TPSA) is 79.8 Å². The lowest BCUT2D eigenvalue weighted by molar-refractivity contribution is 0.291. The molecule has 0 fully saturated rings. The van der Waals surface area contributed by atoms with E-state index in [0.717, 1.165) is 16.8 Å². The summed E-state index contributed by atoms with van der Waals surface area (Å²) in [7, 11) is -0.0633. The second kappa shape index (κ2) is 9.09. The Bertz CT molecular complexity index is 1400. The molecule has 10 heteroatoms. The molecule has 0 radical (unpaired) electrons. The molecule has 0 aliphatic carbocycles. The summed E-state index contributed by atoms with van der Waals surface area (Å²) in [5, 5.41) is 13.0. The quantitative estimate of drug-likeness (QED) is 0.323. The third-order valence-corrected chi connectivity index (χ3v) is 5.82. The lowest BCUT2D eigenvalue weighted by Gasteiger charge is -2.12. The molecular weight excluding hydrogens is 456 g/mol. The maximum atomic E-state index is 12.5. The van der Waals surface area contributed by atoms with Crippen LogP contribution < -0.4 is 10.4 Å². The lowest BCUT2D eigenvalue weighted by Crippen LogP contribution is -2.23. The van der Waals surface area contributed by atoms with Gasteiger partial charge < -0.3 is 4.74 Å². The summed E-state index contributed by atoms with van der Waals surface area (Å²) < 4.78 is 10.2. The second-order valence-electron chi connectivity index (χ2n) is 8.46. The highest BCUT2D eigenvalue weighted by molar-refractivity contribution is 6.83. The van der Waals surface area contributed by atoms with Crippen LogP contribution >= 0.6 is 11.6 Å². The zero-order valence-electron chi connectivity index (χ0n) is 18.8. The third kappa shape index (κ3) is 5.24. The summed E-state index contributed by atoms with van der Waals surface area (Å²) in [4.78, 5) is 12.5. The van der Waals surface area contributed by atoms with Gasteiger partial charge in [-0.15, -0.1) is 10.6 Å². The Labute approximate surface area is 197 Å². The molecule has 0 aliphatic rings. The van der Waals surface area contributed by atoms with Gasteiger partial charge in [0.15, 0.2) is 0 Å². The molecule has 0 aliphatic heterocycles. The number of benzene rings is 2. The molecule has 0 spiro atoms. The summed E-state index contributed by atoms with van der Waals surface area (Å²) in [5.41, 5.74) is 6.00. The molecule has 0 unspecified atom stereocenters. The Kier molecular flexibility index (Phi) is 6.22. The molecular formula is C23H23ClN6O2Si. The Hall–Kier alpha value is -3.61. The Morgan fingerprint density at radius 2 is 1.82 bits per heavy atom. The van der Waals surface area contributed by atoms with Crippen molar-refractivity contribution in [3.8, 4) is 28.7 Å². The van der Waals surface area contributed by atoms with E-state index in [0.29, 0.717) is 16.6 Å². The van der Waals surface area contributed by atoms with Crippen LogP contribution in [0.25, 0.3) is 11.4 Å². The van der Waals surface area contributed by atoms with Crippen LogP contribution in [0.5, 0.6) is 5.88 Å². The monoisotopic (exact) mass is 478 g/mol. The van der Waals surface area contributed by atoms with E-state index >= 15 is 0 Å². The van der Waals surface area contributed by atoms with Gasteiger partial charge in [-0.25, -0.2) is 9.48 Å². The van der Waals surface area contributed by atoms with Crippen molar-refractivity contribution >= 4 is 19.7 Å². The van der Waals surface area contributed by atoms with Crippen molar-refractivity contribution in [3.63, 3.8) is 0 Å². The smallest absolute Gasteiger partial charge is 0.368 e. The average Bonchev–Trinajstić information content (AvgIpc) is 3.38. The van der Waals surface area contributed by atoms with Gasteiger partial charge in [0.05, 0.1) is 11.4 Å². The first-order chi connectivity index (χ1) is 15.7. The summed E-state index contributed by atoms with van der Waals surface area (Å²) in [6, 6.07) is 14.7. The van der Waals surface area contributed by atoms with Crippen LogP contribution in [0, 0.1) is 11.5 Å². The van der Waals surface area contributed by atoms with Crippen molar-refractivity contribution in [1.82, 2.24) is 29.6 Å². The number of halogens is 1. The summed E-state index contributed by atoms with van der Waals surface area (Å²) in [6.45, 7) is 6.69. The first-order valence-corrected chi connectivity index (χ1v) is 14.2. The number of aromatic nitrogens is 6. The minimum Gasteiger partial charge on any atom is -0.472 e. The third-order valence-electron chi connectivity index (χ3n) is 4.69. The zero-order chi connectivity index (χ0) is 23.6. The van der Waals surface area contributed by atoms with Crippen LogP contribution in [-0.4, -0.2) is 37.6 Å². The van der Waals surface area contributed by atoms with Gasteiger partial charge in [0, 0.05) is 35.5 Å². The van der Waals surface area contributed by atoms with Gasteiger partial charge >= 0.3 is 5.69 Å². The molecule has 8 nitrogen and oxygen atoms in total. The van der Waals surface area contributed by atoms with Crippen molar-refractivity contribution in [2.75, 3.05) is 0 Å². The molecule has 2 aromatic heterocycles. The summed E-state index contributed by atoms with van der Waals surface area (Å²) in [5.74, 6) is 3.73. The van der Waals surface area contributed by atoms with Crippen molar-refractivity contribution in [3.05, 3.63) is 81.4 Å². The van der Waals surface area contributed by atoms with Gasteiger partial charge in [-0.3, -0.25) is 0 Å². The Balaban J connectivity index is 1.68. The zero-order valence-corrected chi connectivity index (χ0v) is 20.5. The first kappa shape index (κ1) is 22.6. The van der Waals surface area contributed by atoms with E-state index in [2.05, 4.69) is 46.6 Å². The highest BCUT2D eigenvalue weighted by atomic mass is 35.5. The number of hydrogen-bond donors (Lipinski definition) is 0. The standard InChI is InChI=1S/C23H23ClN6O2Si/c1-28-23(31)30(27-26-28)21-7-5-6-17(13-15-33(2,3)4)20(21)16-32-22-12-14-29(25-22)19-10-8-18(24)9-11-19/h5-12,14H,16H2,1-4H3. The van der Waals surface area contributed by atoms with E-state index in [4.69, 9.17) is 16.3 Å². The number of hydrogen-bond acceptors (Lipinski definition) is 5. The van der Waals surface area contributed by atoms with Crippen molar-refractivity contribution < 1.29 is 4.74 Å². The Morgan fingerprint density at radius 1 is 1.06 bits per heavy atom. The van der Waals surface area contributed by atoms with Crippen molar-refractivity contribution in [2.24, 2.45) is 7.05 Å². The van der Waals surface area contributed by atoms with Gasteiger partial charge in [0.2, 0.25) is 5.88 Å². The van der Waals surface area contributed by atoms with Crippen LogP contribution in [0.4, 0.5) is 0 Å². The number of tetrazole rings is 1. The van der Waals surface area contributed by atoms with Gasteiger partial charge in [0.25, 0.3) is 0 Å². The fourth-order valence-corrected chi connectivity index (χ4v) is 3.67. The van der Waals surface area contributed by atoms with E-state index in [-0.39, 0.29) is 12.3 Å². The molecule has 2 aromatic carbocycles. The Morgan fingerprint density at radius 3 is 2.48 bits per heavy atom. The molecule has 2 heterocycles. The molecule has 4 rings (SSSR count). The lowest BCUT2D eigenvalue weighted by atomic mass is 10.1. The predicted octanol–water partition coefficient (Wildman–Crippen LogP) is 3.61. The number of nitrogens with zero attached hydrogens (tertiary/aromatic N) is 6. The second-order valence-corrected chi connectivity index (χ2v) is 13.7. The largest absolute Gasteiger partial charge is 0.472 e. The van der Waals surface area contributed by atoms with Gasteiger partial charge in [0.1, 0.15) is 14.7 Å². The fourth-order valence-electron chi connectivity index (χ4n) is 3.03. The van der Waals surface area contributed by atoms with Crippen LogP contribution in [0.15, 0.2) is 59.5 Å². The minimum absolute atomic E-state index is 0.159. The van der Waals surface area contributed by atoms with Crippen LogP contribution in [0.3, 0.4) is 0 Å². The maximum Gasteiger partial charge on any atom is 0.368 e. The number of rotatable bonds is 5. The van der Waals surface area contributed by atoms with E-state index in [1.165, 1.54) is 9.36 Å². The summed E-state index contributed by atoms with van der Waals surface area (Å²) in [6.07, 6.45) is 1.81. The van der Waals surface area contributed by atoms with E-state index in [9.17, 15) is 4.79 Å². The molecule has 0 atom stereocenters. The van der Waals surface area contributed by atoms with Crippen LogP contribution in [0.2, 0.25) is 24.7 Å². The number of ether oxygens (including phenoxy) is 1. The highest BCUT2D eigenvalue weighted by Gasteiger charge is 2.16. The molecule has 33 heavy (non-hydrogen) atoms. The SMILES string of the molecule is Cn1nnn(-c2cccc(C#C[Si](C)(C)C)c2COc2ccn(-c3ccc(Cl)cc3)n2)c1=O. The van der Waals surface area contributed by atoms with Gasteiger partial charge in [-0.05, 0) is 46.8 Å². The van der Waals surface area contributed by atoms with E-state index in [1.54, 1.807) is 36.0 Å². The normalized spacial score (nSPS) is 11.2. The van der Waals surface area contributed by atoms with Crippen LogP contribution in [-0.2, 0) is 13.7 Å². The molecule has 0 saturated carbocycles. The number of aryl methyl sites for hydroxylation is 1. The van der Waals surface area contributed by atoms with Gasteiger partial charge in [-0.1, -0.05) is 43.2 Å². The first-order valence-electron chi connectivity index (χ1n) is 10.3. The minimum atomic E-state index is -1.62. The molecule has 0 saturated heterocycles. The predicted molar refractivity (Wildman–Crippen MR) is 130 cm³/mol. The van der Waals surface area contributed by atoms with Crippen molar-refractivity contribution in [2.45, 2.75) is 26.2 Å². The van der Waals surface area contributed by atoms with Crippen LogP contribution in [0.1, 0.15) is 11.1 Å². The molecule has 4 aromatic rings.